The van der Waals surface area contributed by atoms with E-state index in [4.69, 9.17) is 5.73 Å². The largest absolute Gasteiger partial charge is 0.417 e. The van der Waals surface area contributed by atoms with Crippen molar-refractivity contribution >= 4 is 11.5 Å². The second kappa shape index (κ2) is 6.60. The van der Waals surface area contributed by atoms with Crippen LogP contribution in [0, 0.1) is 0 Å². The lowest BCUT2D eigenvalue weighted by molar-refractivity contribution is -0.137. The lowest BCUT2D eigenvalue weighted by Crippen LogP contribution is -2.28. The number of hydrogen-bond donors (Lipinski definition) is 2. The van der Waals surface area contributed by atoms with Crippen molar-refractivity contribution in [2.45, 2.75) is 20.0 Å². The Morgan fingerprint density at radius 3 is 2.47 bits per heavy atom. The van der Waals surface area contributed by atoms with Gasteiger partial charge in [-0.3, -0.25) is 0 Å². The molecule has 0 saturated carbocycles. The normalized spacial score (nSPS) is 11.9. The summed E-state index contributed by atoms with van der Waals surface area (Å²) in [7, 11) is 0. The average Bonchev–Trinajstić information content (AvgIpc) is 2.35. The smallest absolute Gasteiger partial charge is 0.382 e. The van der Waals surface area contributed by atoms with Gasteiger partial charge in [-0.25, -0.2) is 4.98 Å². The Morgan fingerprint density at radius 1 is 1.32 bits per heavy atom. The third kappa shape index (κ3) is 4.59. The molecule has 1 heterocycles. The number of aromatic nitrogens is 1. The Bertz CT molecular complexity index is 402. The van der Waals surface area contributed by atoms with Crippen LogP contribution in [0.3, 0.4) is 0 Å². The molecule has 0 saturated heterocycles. The van der Waals surface area contributed by atoms with Crippen LogP contribution in [0.1, 0.15) is 19.4 Å². The topological polar surface area (TPSA) is 54.2 Å². The molecule has 0 fully saturated rings. The quantitative estimate of drug-likeness (QED) is 0.838. The standard InChI is InChI=1S/C12H19F3N4/c1-3-19(4-2)6-5-17-10-7-9(12(13,14)15)8-18-11(10)16/h7-8,17H,3-6H2,1-2H3,(H2,16,18). The highest BCUT2D eigenvalue weighted by Gasteiger charge is 2.31. The molecule has 4 nitrogen and oxygen atoms in total. The molecule has 0 unspecified atom stereocenters. The molecule has 108 valence electrons. The van der Waals surface area contributed by atoms with Gasteiger partial charge >= 0.3 is 6.18 Å². The van der Waals surface area contributed by atoms with Crippen LogP contribution < -0.4 is 11.1 Å². The van der Waals surface area contributed by atoms with E-state index in [-0.39, 0.29) is 11.5 Å². The summed E-state index contributed by atoms with van der Waals surface area (Å²) >= 11 is 0. The van der Waals surface area contributed by atoms with Crippen molar-refractivity contribution in [1.29, 1.82) is 0 Å². The van der Waals surface area contributed by atoms with E-state index in [9.17, 15) is 13.2 Å². The van der Waals surface area contributed by atoms with Crippen LogP contribution in [-0.4, -0.2) is 36.1 Å². The van der Waals surface area contributed by atoms with E-state index in [1.807, 2.05) is 13.8 Å². The minimum Gasteiger partial charge on any atom is -0.382 e. The van der Waals surface area contributed by atoms with E-state index in [1.165, 1.54) is 0 Å². The molecule has 7 heteroatoms. The number of hydrogen-bond acceptors (Lipinski definition) is 4. The van der Waals surface area contributed by atoms with Crippen molar-refractivity contribution in [3.63, 3.8) is 0 Å². The van der Waals surface area contributed by atoms with Crippen LogP contribution >= 0.6 is 0 Å². The fraction of sp³-hybridized carbons (Fsp3) is 0.583. The van der Waals surface area contributed by atoms with Crippen LogP contribution in [0.2, 0.25) is 0 Å². The molecule has 0 spiro atoms. The number of rotatable bonds is 6. The summed E-state index contributed by atoms with van der Waals surface area (Å²) in [6, 6.07) is 0.991. The first-order valence-electron chi connectivity index (χ1n) is 6.17. The highest BCUT2D eigenvalue weighted by atomic mass is 19.4. The fourth-order valence-corrected chi connectivity index (χ4v) is 1.66. The van der Waals surface area contributed by atoms with Crippen molar-refractivity contribution in [2.75, 3.05) is 37.2 Å². The van der Waals surface area contributed by atoms with E-state index < -0.39 is 11.7 Å². The fourth-order valence-electron chi connectivity index (χ4n) is 1.66. The zero-order valence-electron chi connectivity index (χ0n) is 11.1. The maximum absolute atomic E-state index is 12.5. The van der Waals surface area contributed by atoms with E-state index in [0.29, 0.717) is 6.54 Å². The minimum absolute atomic E-state index is 0.0764. The third-order valence-corrected chi connectivity index (χ3v) is 2.88. The van der Waals surface area contributed by atoms with Gasteiger partial charge < -0.3 is 16.0 Å². The number of likely N-dealkylation sites (N-methyl/N-ethyl adjacent to an activating group) is 1. The van der Waals surface area contributed by atoms with Gasteiger partial charge in [0.15, 0.2) is 0 Å². The molecular weight excluding hydrogens is 257 g/mol. The maximum Gasteiger partial charge on any atom is 0.417 e. The second-order valence-electron chi connectivity index (χ2n) is 4.11. The van der Waals surface area contributed by atoms with Gasteiger partial charge in [-0.1, -0.05) is 13.8 Å². The number of nitrogens with two attached hydrogens (primary N) is 1. The second-order valence-corrected chi connectivity index (χ2v) is 4.11. The van der Waals surface area contributed by atoms with E-state index in [0.717, 1.165) is 31.9 Å². The summed E-state index contributed by atoms with van der Waals surface area (Å²) < 4.78 is 37.6. The van der Waals surface area contributed by atoms with E-state index >= 15 is 0 Å². The molecule has 19 heavy (non-hydrogen) atoms. The van der Waals surface area contributed by atoms with E-state index in [2.05, 4.69) is 15.2 Å². The molecule has 0 radical (unpaired) electrons. The van der Waals surface area contributed by atoms with Crippen LogP contribution in [0.4, 0.5) is 24.7 Å². The number of nitrogen functional groups attached to an aromatic ring is 1. The van der Waals surface area contributed by atoms with Crippen molar-refractivity contribution in [1.82, 2.24) is 9.88 Å². The molecule has 1 rings (SSSR count). The number of nitrogens with zero attached hydrogens (tertiary/aromatic N) is 2. The first-order chi connectivity index (χ1) is 8.88. The van der Waals surface area contributed by atoms with Gasteiger partial charge in [-0.05, 0) is 19.2 Å². The Morgan fingerprint density at radius 2 is 1.95 bits per heavy atom. The summed E-state index contributed by atoms with van der Waals surface area (Å²) in [5.74, 6) is 0.0764. The Kier molecular flexibility index (Phi) is 5.41. The molecule has 0 atom stereocenters. The number of nitrogens with one attached hydrogen (secondary N) is 1. The van der Waals surface area contributed by atoms with Crippen molar-refractivity contribution in [2.24, 2.45) is 0 Å². The summed E-state index contributed by atoms with van der Waals surface area (Å²) in [4.78, 5) is 5.72. The summed E-state index contributed by atoms with van der Waals surface area (Å²) in [5.41, 5.74) is 4.99. The molecule has 0 aliphatic rings. The Hall–Kier alpha value is -1.50. The van der Waals surface area contributed by atoms with Gasteiger partial charge in [0.25, 0.3) is 0 Å². The van der Waals surface area contributed by atoms with Crippen LogP contribution in [-0.2, 0) is 6.18 Å². The minimum atomic E-state index is -4.41. The molecule has 0 aliphatic heterocycles. The Labute approximate surface area is 110 Å². The maximum atomic E-state index is 12.5. The predicted octanol–water partition coefficient (Wildman–Crippen LogP) is 2.44. The van der Waals surface area contributed by atoms with Gasteiger partial charge in [-0.15, -0.1) is 0 Å². The van der Waals surface area contributed by atoms with Crippen molar-refractivity contribution in [3.05, 3.63) is 17.8 Å². The van der Waals surface area contributed by atoms with Gasteiger partial charge in [-0.2, -0.15) is 13.2 Å². The predicted molar refractivity (Wildman–Crippen MR) is 69.9 cm³/mol. The molecule has 0 amide bonds. The average molecular weight is 276 g/mol. The van der Waals surface area contributed by atoms with Gasteiger partial charge in [0, 0.05) is 19.3 Å². The van der Waals surface area contributed by atoms with E-state index in [1.54, 1.807) is 0 Å². The third-order valence-electron chi connectivity index (χ3n) is 2.88. The zero-order valence-corrected chi connectivity index (χ0v) is 11.1. The molecule has 0 aliphatic carbocycles. The number of anilines is 2. The molecule has 0 aromatic carbocycles. The SMILES string of the molecule is CCN(CC)CCNc1cc(C(F)(F)F)cnc1N. The molecule has 3 N–H and O–H groups in total. The first-order valence-corrected chi connectivity index (χ1v) is 6.17. The first kappa shape index (κ1) is 15.6. The van der Waals surface area contributed by atoms with Crippen molar-refractivity contribution in [3.8, 4) is 0 Å². The summed E-state index contributed by atoms with van der Waals surface area (Å²) in [6.45, 7) is 7.12. The molecular formula is C12H19F3N4. The molecule has 0 bridgehead atoms. The summed E-state index contributed by atoms with van der Waals surface area (Å²) in [5, 5.41) is 2.90. The lowest BCUT2D eigenvalue weighted by atomic mass is 10.2. The number of pyridine rings is 1. The molecule has 1 aromatic rings. The van der Waals surface area contributed by atoms with Gasteiger partial charge in [0.05, 0.1) is 11.3 Å². The monoisotopic (exact) mass is 276 g/mol. The lowest BCUT2D eigenvalue weighted by Gasteiger charge is -2.19. The van der Waals surface area contributed by atoms with Crippen LogP contribution in [0.15, 0.2) is 12.3 Å². The number of alkyl halides is 3. The number of halogens is 3. The van der Waals surface area contributed by atoms with Gasteiger partial charge in [0.2, 0.25) is 0 Å². The van der Waals surface area contributed by atoms with Crippen LogP contribution in [0.5, 0.6) is 0 Å². The van der Waals surface area contributed by atoms with Gasteiger partial charge in [0.1, 0.15) is 5.82 Å². The Balaban J connectivity index is 2.67. The molecule has 1 aromatic heterocycles. The highest BCUT2D eigenvalue weighted by Crippen LogP contribution is 2.31. The summed E-state index contributed by atoms with van der Waals surface area (Å²) in [6.07, 6.45) is -3.67. The highest BCUT2D eigenvalue weighted by molar-refractivity contribution is 5.62. The van der Waals surface area contributed by atoms with Crippen molar-refractivity contribution < 1.29 is 13.2 Å². The van der Waals surface area contributed by atoms with Crippen LogP contribution in [0.25, 0.3) is 0 Å². The zero-order chi connectivity index (χ0) is 14.5.